The fourth-order valence-electron chi connectivity index (χ4n) is 4.14. The summed E-state index contributed by atoms with van der Waals surface area (Å²) < 4.78 is 40.2. The molecule has 180 valence electrons. The number of benzene rings is 2. The van der Waals surface area contributed by atoms with E-state index >= 15 is 0 Å². The molecule has 35 heavy (non-hydrogen) atoms. The Labute approximate surface area is 202 Å². The highest BCUT2D eigenvalue weighted by Gasteiger charge is 2.35. The predicted molar refractivity (Wildman–Crippen MR) is 130 cm³/mol. The van der Waals surface area contributed by atoms with Crippen LogP contribution in [0.2, 0.25) is 0 Å². The molecule has 9 nitrogen and oxygen atoms in total. The van der Waals surface area contributed by atoms with Crippen molar-refractivity contribution in [1.82, 2.24) is 15.2 Å². The van der Waals surface area contributed by atoms with E-state index < -0.39 is 21.9 Å². The number of aryl methyl sites for hydroxylation is 3. The molecule has 4 aromatic rings. The average molecular weight is 493 g/mol. The van der Waals surface area contributed by atoms with E-state index in [2.05, 4.69) is 15.2 Å². The van der Waals surface area contributed by atoms with Crippen molar-refractivity contribution < 1.29 is 17.6 Å². The van der Waals surface area contributed by atoms with E-state index in [9.17, 15) is 13.2 Å². The molecule has 1 atom stereocenters. The molecule has 10 heteroatoms. The zero-order valence-corrected chi connectivity index (χ0v) is 20.1. The number of rotatable bonds is 6. The summed E-state index contributed by atoms with van der Waals surface area (Å²) >= 11 is 0. The molecule has 2 aromatic heterocycles. The van der Waals surface area contributed by atoms with Crippen molar-refractivity contribution in [3.63, 3.8) is 0 Å². The largest absolute Gasteiger partial charge is 0.486 e. The molecule has 0 spiro atoms. The first-order chi connectivity index (χ1) is 16.8. The minimum absolute atomic E-state index is 0.105. The SMILES string of the molecule is Cc1cncc(-c2ccc3c(c2)N(S(=O)(=O)c2cccc(C)c2)C[C@H](CCc2n[nH]c(=O)o2)O3)c1. The molecule has 1 aliphatic heterocycles. The molecule has 0 radical (unpaired) electrons. The first-order valence-corrected chi connectivity index (χ1v) is 12.6. The molecular formula is C25H24N4O5S. The molecule has 3 heterocycles. The van der Waals surface area contributed by atoms with E-state index in [1.165, 1.54) is 4.31 Å². The van der Waals surface area contributed by atoms with Gasteiger partial charge in [0.1, 0.15) is 11.9 Å². The fourth-order valence-corrected chi connectivity index (χ4v) is 5.74. The van der Waals surface area contributed by atoms with Gasteiger partial charge in [0, 0.05) is 24.4 Å². The van der Waals surface area contributed by atoms with Crippen molar-refractivity contribution in [2.45, 2.75) is 37.7 Å². The predicted octanol–water partition coefficient (Wildman–Crippen LogP) is 3.63. The van der Waals surface area contributed by atoms with Crippen LogP contribution < -0.4 is 14.8 Å². The van der Waals surface area contributed by atoms with E-state index in [-0.39, 0.29) is 17.3 Å². The molecular weight excluding hydrogens is 468 g/mol. The van der Waals surface area contributed by atoms with E-state index in [0.717, 1.165) is 22.3 Å². The first-order valence-electron chi connectivity index (χ1n) is 11.2. The summed E-state index contributed by atoms with van der Waals surface area (Å²) in [5.74, 6) is 0.0850. The normalized spacial score (nSPS) is 15.5. The molecule has 0 fully saturated rings. The Bertz CT molecular complexity index is 1540. The van der Waals surface area contributed by atoms with Crippen LogP contribution in [0.3, 0.4) is 0 Å². The summed E-state index contributed by atoms with van der Waals surface area (Å²) in [6.07, 6.45) is 3.79. The topological polar surface area (TPSA) is 118 Å². The number of ether oxygens (including phenoxy) is 1. The minimum atomic E-state index is -3.87. The van der Waals surface area contributed by atoms with Gasteiger partial charge in [-0.1, -0.05) is 18.2 Å². The highest BCUT2D eigenvalue weighted by atomic mass is 32.2. The second-order valence-electron chi connectivity index (χ2n) is 8.57. The Balaban J connectivity index is 1.54. The van der Waals surface area contributed by atoms with Crippen LogP contribution in [0.5, 0.6) is 5.75 Å². The Morgan fingerprint density at radius 1 is 1.06 bits per heavy atom. The number of aromatic nitrogens is 3. The molecule has 1 N–H and O–H groups in total. The van der Waals surface area contributed by atoms with Gasteiger partial charge >= 0.3 is 5.76 Å². The van der Waals surface area contributed by atoms with Gasteiger partial charge in [0.2, 0.25) is 5.89 Å². The second kappa shape index (κ2) is 9.03. The number of nitrogens with one attached hydrogen (secondary N) is 1. The lowest BCUT2D eigenvalue weighted by Gasteiger charge is -2.35. The van der Waals surface area contributed by atoms with E-state index in [4.69, 9.17) is 9.15 Å². The minimum Gasteiger partial charge on any atom is -0.486 e. The summed E-state index contributed by atoms with van der Waals surface area (Å²) in [5.41, 5.74) is 4.05. The smallest absolute Gasteiger partial charge is 0.434 e. The van der Waals surface area contributed by atoms with Crippen LogP contribution in [0, 0.1) is 13.8 Å². The molecule has 0 bridgehead atoms. The number of hydrogen-bond acceptors (Lipinski definition) is 7. The maximum Gasteiger partial charge on any atom is 0.434 e. The Morgan fingerprint density at radius 2 is 1.91 bits per heavy atom. The van der Waals surface area contributed by atoms with Crippen LogP contribution in [0.4, 0.5) is 5.69 Å². The quantitative estimate of drug-likeness (QED) is 0.437. The number of H-pyrrole nitrogens is 1. The molecule has 0 saturated carbocycles. The third-order valence-electron chi connectivity index (χ3n) is 5.84. The average Bonchev–Trinajstić information content (AvgIpc) is 3.27. The van der Waals surface area contributed by atoms with Crippen LogP contribution in [0.25, 0.3) is 11.1 Å². The van der Waals surface area contributed by atoms with Crippen molar-refractivity contribution in [3.8, 4) is 16.9 Å². The van der Waals surface area contributed by atoms with E-state index in [1.807, 2.05) is 38.1 Å². The Hall–Kier alpha value is -3.92. The van der Waals surface area contributed by atoms with Gasteiger partial charge in [-0.3, -0.25) is 9.29 Å². The van der Waals surface area contributed by atoms with Gasteiger partial charge in [0.05, 0.1) is 17.1 Å². The van der Waals surface area contributed by atoms with Crippen LogP contribution >= 0.6 is 0 Å². The van der Waals surface area contributed by atoms with Crippen LogP contribution in [0.1, 0.15) is 23.4 Å². The number of anilines is 1. The lowest BCUT2D eigenvalue weighted by atomic mass is 10.0. The van der Waals surface area contributed by atoms with Gasteiger partial charge in [-0.05, 0) is 67.3 Å². The van der Waals surface area contributed by atoms with Crippen molar-refractivity contribution in [2.24, 2.45) is 0 Å². The fraction of sp³-hybridized carbons (Fsp3) is 0.240. The Morgan fingerprint density at radius 3 is 2.66 bits per heavy atom. The summed E-state index contributed by atoms with van der Waals surface area (Å²) in [6, 6.07) is 14.3. The number of aromatic amines is 1. The number of nitrogens with zero attached hydrogens (tertiary/aromatic N) is 3. The maximum atomic E-state index is 13.8. The molecule has 0 aliphatic carbocycles. The number of fused-ring (bicyclic) bond motifs is 1. The first kappa shape index (κ1) is 22.9. The highest BCUT2D eigenvalue weighted by Crippen LogP contribution is 2.40. The molecule has 0 unspecified atom stereocenters. The van der Waals surface area contributed by atoms with Crippen LogP contribution in [-0.4, -0.2) is 36.2 Å². The molecule has 0 amide bonds. The van der Waals surface area contributed by atoms with Crippen molar-refractivity contribution in [2.75, 3.05) is 10.8 Å². The Kier molecular flexibility index (Phi) is 5.89. The zero-order chi connectivity index (χ0) is 24.6. The third-order valence-corrected chi connectivity index (χ3v) is 7.61. The van der Waals surface area contributed by atoms with Gasteiger partial charge in [-0.25, -0.2) is 18.3 Å². The highest BCUT2D eigenvalue weighted by molar-refractivity contribution is 7.92. The molecule has 5 rings (SSSR count). The van der Waals surface area contributed by atoms with Crippen LogP contribution in [0.15, 0.2) is 75.0 Å². The molecule has 0 saturated heterocycles. The number of hydrogen-bond donors (Lipinski definition) is 1. The van der Waals surface area contributed by atoms with E-state index in [1.54, 1.807) is 36.7 Å². The number of sulfonamides is 1. The second-order valence-corrected chi connectivity index (χ2v) is 10.4. The lowest BCUT2D eigenvalue weighted by Crippen LogP contribution is -2.43. The summed E-state index contributed by atoms with van der Waals surface area (Å²) in [5, 5.41) is 6.06. The molecule has 1 aliphatic rings. The van der Waals surface area contributed by atoms with Gasteiger partial charge in [0.25, 0.3) is 10.0 Å². The van der Waals surface area contributed by atoms with Gasteiger partial charge in [0.15, 0.2) is 0 Å². The van der Waals surface area contributed by atoms with Crippen LogP contribution in [-0.2, 0) is 16.4 Å². The monoisotopic (exact) mass is 492 g/mol. The van der Waals surface area contributed by atoms with Crippen molar-refractivity contribution in [3.05, 3.63) is 88.5 Å². The van der Waals surface area contributed by atoms with Gasteiger partial charge in [-0.15, -0.1) is 5.10 Å². The van der Waals surface area contributed by atoms with Crippen molar-refractivity contribution in [1.29, 1.82) is 0 Å². The van der Waals surface area contributed by atoms with Gasteiger partial charge in [-0.2, -0.15) is 0 Å². The zero-order valence-electron chi connectivity index (χ0n) is 19.3. The van der Waals surface area contributed by atoms with Crippen molar-refractivity contribution >= 4 is 15.7 Å². The number of pyridine rings is 1. The van der Waals surface area contributed by atoms with Gasteiger partial charge < -0.3 is 9.15 Å². The maximum absolute atomic E-state index is 13.8. The summed E-state index contributed by atoms with van der Waals surface area (Å²) in [7, 11) is -3.87. The van der Waals surface area contributed by atoms with E-state index in [0.29, 0.717) is 24.3 Å². The summed E-state index contributed by atoms with van der Waals surface area (Å²) in [4.78, 5) is 15.7. The third kappa shape index (κ3) is 4.69. The summed E-state index contributed by atoms with van der Waals surface area (Å²) in [6.45, 7) is 3.92. The lowest BCUT2D eigenvalue weighted by molar-refractivity contribution is 0.187. The standard InChI is InChI=1S/C25H24N4O5S/c1-16-4-3-5-21(11-16)35(31,32)29-15-20(7-9-24-27-28-25(30)34-24)33-23-8-6-18(12-22(23)29)19-10-17(2)13-26-14-19/h3-6,8,10-14,20H,7,9,15H2,1-2H3,(H,28,30)/t20-/m0/s1. The molecule has 2 aromatic carbocycles.